The molecule has 1 aliphatic heterocycles. The summed E-state index contributed by atoms with van der Waals surface area (Å²) < 4.78 is 52.3. The van der Waals surface area contributed by atoms with Crippen molar-refractivity contribution in [2.24, 2.45) is 0 Å². The molecule has 0 spiro atoms. The Balaban J connectivity index is 1.38. The Kier molecular flexibility index (Phi) is 7.12. The average Bonchev–Trinajstić information content (AvgIpc) is 3.38. The van der Waals surface area contributed by atoms with Crippen LogP contribution in [-0.4, -0.2) is 45.3 Å². The van der Waals surface area contributed by atoms with Crippen molar-refractivity contribution >= 4 is 11.7 Å². The number of nitrogens with one attached hydrogen (secondary N) is 2. The second-order valence-electron chi connectivity index (χ2n) is 10.3. The molecule has 0 radical (unpaired) electrons. The number of rotatable bonds is 8. The number of nitrogens with zero attached hydrogens (tertiary/aromatic N) is 2. The van der Waals surface area contributed by atoms with Gasteiger partial charge >= 0.3 is 0 Å². The molecular weight excluding hydrogens is 489 g/mol. The Bertz CT molecular complexity index is 1150. The molecule has 2 bridgehead atoms. The van der Waals surface area contributed by atoms with Crippen molar-refractivity contribution in [3.63, 3.8) is 0 Å². The fourth-order valence-corrected chi connectivity index (χ4v) is 5.61. The van der Waals surface area contributed by atoms with Crippen LogP contribution < -0.4 is 10.6 Å². The highest BCUT2D eigenvalue weighted by Gasteiger charge is 2.48. The third kappa shape index (κ3) is 5.44. The molecule has 4 fully saturated rings. The lowest BCUT2D eigenvalue weighted by Crippen LogP contribution is -2.59. The number of fused-ring (bicyclic) bond motifs is 3. The zero-order chi connectivity index (χ0) is 26.2. The van der Waals surface area contributed by atoms with Crippen molar-refractivity contribution in [1.29, 1.82) is 0 Å². The molecule has 0 unspecified atom stereocenters. The van der Waals surface area contributed by atoms with Crippen molar-refractivity contribution in [2.75, 3.05) is 18.5 Å². The third-order valence-electron chi connectivity index (χ3n) is 7.72. The molecule has 2 aromatic rings. The van der Waals surface area contributed by atoms with Crippen molar-refractivity contribution in [3.05, 3.63) is 52.2 Å². The fraction of sp³-hybridized carbons (Fsp3) is 0.577. The maximum absolute atomic E-state index is 14.6. The molecule has 3 N–H and O–H groups in total. The Labute approximate surface area is 213 Å². The van der Waals surface area contributed by atoms with E-state index in [4.69, 9.17) is 9.47 Å². The number of aryl methyl sites for hydroxylation is 1. The standard InChI is InChI=1S/C26H31F3N4O4/c1-15-31-18(13-19(34)33-25-5-8-26(35,9-6-25)10-7-25)20(24-36-11-12-37-24)23(32-15)30-14-16-3-2-4-17(21(16)27)22(28)29/h2-4,22,24,35H,5-14H2,1H3,(H,33,34)(H,30,31,32). The van der Waals surface area contributed by atoms with E-state index in [1.807, 2.05) is 0 Å². The zero-order valence-corrected chi connectivity index (χ0v) is 20.7. The molecule has 3 aliphatic carbocycles. The number of aromatic nitrogens is 2. The Morgan fingerprint density at radius 3 is 2.46 bits per heavy atom. The van der Waals surface area contributed by atoms with E-state index in [9.17, 15) is 23.1 Å². The molecule has 1 aromatic carbocycles. The van der Waals surface area contributed by atoms with Crippen molar-refractivity contribution < 1.29 is 32.5 Å². The van der Waals surface area contributed by atoms with Gasteiger partial charge in [0.25, 0.3) is 6.43 Å². The minimum Gasteiger partial charge on any atom is -0.390 e. The van der Waals surface area contributed by atoms with E-state index in [-0.39, 0.29) is 30.0 Å². The fourth-order valence-electron chi connectivity index (χ4n) is 5.61. The van der Waals surface area contributed by atoms with Gasteiger partial charge in [-0.05, 0) is 45.4 Å². The molecule has 6 rings (SSSR count). The molecule has 8 nitrogen and oxygen atoms in total. The molecule has 0 atom stereocenters. The molecule has 1 saturated heterocycles. The lowest BCUT2D eigenvalue weighted by Gasteiger charge is -2.51. The molecule has 4 aliphatic rings. The first-order valence-electron chi connectivity index (χ1n) is 12.6. The lowest BCUT2D eigenvalue weighted by atomic mass is 9.63. The highest BCUT2D eigenvalue weighted by atomic mass is 19.3. The number of amides is 1. The highest BCUT2D eigenvalue weighted by molar-refractivity contribution is 5.80. The number of anilines is 1. The second-order valence-corrected chi connectivity index (χ2v) is 10.3. The molecule has 37 heavy (non-hydrogen) atoms. The van der Waals surface area contributed by atoms with Gasteiger partial charge in [-0.25, -0.2) is 23.1 Å². The molecule has 11 heteroatoms. The van der Waals surface area contributed by atoms with E-state index in [0.717, 1.165) is 25.3 Å². The van der Waals surface area contributed by atoms with Crippen LogP contribution in [0.2, 0.25) is 0 Å². The molecule has 3 saturated carbocycles. The van der Waals surface area contributed by atoms with Crippen LogP contribution in [0.1, 0.15) is 79.4 Å². The van der Waals surface area contributed by atoms with Gasteiger partial charge in [-0.15, -0.1) is 0 Å². The van der Waals surface area contributed by atoms with Gasteiger partial charge in [-0.1, -0.05) is 18.2 Å². The molecule has 2 heterocycles. The van der Waals surface area contributed by atoms with Gasteiger partial charge in [-0.3, -0.25) is 4.79 Å². The van der Waals surface area contributed by atoms with Gasteiger partial charge < -0.3 is 25.2 Å². The lowest BCUT2D eigenvalue weighted by molar-refractivity contribution is -0.127. The van der Waals surface area contributed by atoms with Gasteiger partial charge in [0.2, 0.25) is 5.91 Å². The van der Waals surface area contributed by atoms with Crippen molar-refractivity contribution in [3.8, 4) is 0 Å². The van der Waals surface area contributed by atoms with E-state index in [1.54, 1.807) is 6.92 Å². The first-order valence-corrected chi connectivity index (χ1v) is 12.6. The smallest absolute Gasteiger partial charge is 0.266 e. The summed E-state index contributed by atoms with van der Waals surface area (Å²) in [5, 5.41) is 16.7. The van der Waals surface area contributed by atoms with Gasteiger partial charge in [0.05, 0.1) is 42.1 Å². The van der Waals surface area contributed by atoms with Crippen molar-refractivity contribution in [1.82, 2.24) is 15.3 Å². The van der Waals surface area contributed by atoms with Gasteiger partial charge in [0, 0.05) is 17.6 Å². The van der Waals surface area contributed by atoms with Crippen LogP contribution in [0.25, 0.3) is 0 Å². The van der Waals surface area contributed by atoms with Gasteiger partial charge in [-0.2, -0.15) is 0 Å². The number of carbonyl (C=O) groups is 1. The van der Waals surface area contributed by atoms with E-state index in [2.05, 4.69) is 20.6 Å². The number of hydrogen-bond acceptors (Lipinski definition) is 7. The Hall–Kier alpha value is -2.76. The quantitative estimate of drug-likeness (QED) is 0.483. The summed E-state index contributed by atoms with van der Waals surface area (Å²) in [6.07, 6.45) is 0.425. The van der Waals surface area contributed by atoms with E-state index >= 15 is 0 Å². The summed E-state index contributed by atoms with van der Waals surface area (Å²) in [7, 11) is 0. The van der Waals surface area contributed by atoms with Crippen molar-refractivity contribution in [2.45, 2.75) is 82.3 Å². The van der Waals surface area contributed by atoms with Gasteiger partial charge in [0.1, 0.15) is 17.5 Å². The first-order chi connectivity index (χ1) is 17.7. The average molecular weight is 521 g/mol. The summed E-state index contributed by atoms with van der Waals surface area (Å²) in [6, 6.07) is 3.86. The predicted octanol–water partition coefficient (Wildman–Crippen LogP) is 4.02. The number of benzene rings is 1. The summed E-state index contributed by atoms with van der Waals surface area (Å²) in [5.41, 5.74) is -0.681. The number of alkyl halides is 2. The minimum atomic E-state index is -2.93. The number of ether oxygens (including phenoxy) is 2. The monoisotopic (exact) mass is 520 g/mol. The SMILES string of the molecule is Cc1nc(CC(=O)NC23CCC(O)(CC2)CC3)c(C2OCCO2)c(NCc2cccc(C(F)F)c2F)n1. The molecular formula is C26H31F3N4O4. The largest absolute Gasteiger partial charge is 0.390 e. The summed E-state index contributed by atoms with van der Waals surface area (Å²) in [5.74, 6) is -0.502. The summed E-state index contributed by atoms with van der Waals surface area (Å²) >= 11 is 0. The van der Waals surface area contributed by atoms with E-state index in [1.165, 1.54) is 12.1 Å². The number of aliphatic hydroxyl groups is 1. The molecule has 200 valence electrons. The first kappa shape index (κ1) is 25.9. The minimum absolute atomic E-state index is 0.0438. The van der Waals surface area contributed by atoms with Gasteiger partial charge in [0.15, 0.2) is 6.29 Å². The summed E-state index contributed by atoms with van der Waals surface area (Å²) in [6.45, 7) is 2.26. The van der Waals surface area contributed by atoms with Crippen LogP contribution in [-0.2, 0) is 27.2 Å². The number of carbonyl (C=O) groups excluding carboxylic acids is 1. The van der Waals surface area contributed by atoms with E-state index in [0.29, 0.717) is 55.4 Å². The van der Waals surface area contributed by atoms with Crippen LogP contribution in [0.3, 0.4) is 0 Å². The van der Waals surface area contributed by atoms with E-state index < -0.39 is 29.7 Å². The maximum atomic E-state index is 14.6. The molecule has 1 amide bonds. The highest BCUT2D eigenvalue weighted by Crippen LogP contribution is 2.46. The van der Waals surface area contributed by atoms with Crippen LogP contribution in [0.5, 0.6) is 0 Å². The normalized spacial score (nSPS) is 25.6. The Morgan fingerprint density at radius 2 is 1.81 bits per heavy atom. The number of hydrogen-bond donors (Lipinski definition) is 3. The second kappa shape index (κ2) is 10.2. The van der Waals surface area contributed by atoms with Crippen LogP contribution in [0.4, 0.5) is 19.0 Å². The zero-order valence-electron chi connectivity index (χ0n) is 20.7. The predicted molar refractivity (Wildman–Crippen MR) is 127 cm³/mol. The molecule has 1 aromatic heterocycles. The Morgan fingerprint density at radius 1 is 1.14 bits per heavy atom. The third-order valence-corrected chi connectivity index (χ3v) is 7.72. The van der Waals surface area contributed by atoms with Crippen LogP contribution in [0.15, 0.2) is 18.2 Å². The topological polar surface area (TPSA) is 106 Å². The van der Waals surface area contributed by atoms with Crippen LogP contribution in [0, 0.1) is 12.7 Å². The maximum Gasteiger partial charge on any atom is 0.266 e. The van der Waals surface area contributed by atoms with Crippen LogP contribution >= 0.6 is 0 Å². The summed E-state index contributed by atoms with van der Waals surface area (Å²) in [4.78, 5) is 22.1. The number of halogens is 3.